The average Bonchev–Trinajstić information content (AvgIpc) is 3.42. The maximum atomic E-state index is 13.7. The first-order chi connectivity index (χ1) is 16.3. The third-order valence-corrected chi connectivity index (χ3v) is 7.43. The standard InChI is InChI=1S/C24H26ClN3O6/c1-12-9-14(29)10-17(32-4)24(12)21(30)18-16(31-3)11-15(19(25)20(18)34-24)23-27-26-22(33-23)13-5-7-28(2)8-6-13/h10-13H,5-9H2,1-4H3/t12-,24+/m1/s1. The summed E-state index contributed by atoms with van der Waals surface area (Å²) in [6.07, 6.45) is 3.32. The zero-order valence-electron chi connectivity index (χ0n) is 19.5. The van der Waals surface area contributed by atoms with Gasteiger partial charge in [-0.1, -0.05) is 18.5 Å². The first-order valence-corrected chi connectivity index (χ1v) is 11.6. The number of hydrogen-bond acceptors (Lipinski definition) is 9. The summed E-state index contributed by atoms with van der Waals surface area (Å²) in [5, 5.41) is 8.66. The minimum Gasteiger partial charge on any atom is -0.496 e. The number of benzene rings is 1. The van der Waals surface area contributed by atoms with Crippen LogP contribution < -0.4 is 9.47 Å². The van der Waals surface area contributed by atoms with Gasteiger partial charge in [0.1, 0.15) is 11.3 Å². The number of aromatic nitrogens is 2. The number of Topliss-reactive ketones (excluding diaryl/α,β-unsaturated/α-hetero) is 1. The predicted molar refractivity (Wildman–Crippen MR) is 122 cm³/mol. The number of fused-ring (bicyclic) bond motifs is 1. The second-order valence-corrected chi connectivity index (χ2v) is 9.50. The Labute approximate surface area is 202 Å². The van der Waals surface area contributed by atoms with Crippen molar-refractivity contribution >= 4 is 23.2 Å². The molecule has 2 atom stereocenters. The van der Waals surface area contributed by atoms with Crippen molar-refractivity contribution in [3.8, 4) is 23.0 Å². The van der Waals surface area contributed by atoms with Crippen molar-refractivity contribution in [1.29, 1.82) is 0 Å². The second-order valence-electron chi connectivity index (χ2n) is 9.12. The molecule has 3 aliphatic rings. The largest absolute Gasteiger partial charge is 0.496 e. The highest BCUT2D eigenvalue weighted by Gasteiger charge is 2.59. The lowest BCUT2D eigenvalue weighted by Gasteiger charge is -2.36. The van der Waals surface area contributed by atoms with Gasteiger partial charge in [0.25, 0.3) is 0 Å². The van der Waals surface area contributed by atoms with Gasteiger partial charge in [-0.2, -0.15) is 0 Å². The lowest BCUT2D eigenvalue weighted by atomic mass is 9.75. The zero-order valence-corrected chi connectivity index (χ0v) is 20.3. The topological polar surface area (TPSA) is 104 Å². The summed E-state index contributed by atoms with van der Waals surface area (Å²) < 4.78 is 23.3. The molecule has 0 N–H and O–H groups in total. The van der Waals surface area contributed by atoms with Gasteiger partial charge in [0.15, 0.2) is 17.3 Å². The molecule has 1 aliphatic carbocycles. The van der Waals surface area contributed by atoms with Crippen molar-refractivity contribution in [3.63, 3.8) is 0 Å². The zero-order chi connectivity index (χ0) is 24.2. The van der Waals surface area contributed by atoms with Crippen LogP contribution in [0.25, 0.3) is 11.5 Å². The molecule has 1 aromatic heterocycles. The molecule has 9 nitrogen and oxygen atoms in total. The quantitative estimate of drug-likeness (QED) is 0.638. The van der Waals surface area contributed by atoms with Gasteiger partial charge in [0, 0.05) is 24.3 Å². The second kappa shape index (κ2) is 8.39. The van der Waals surface area contributed by atoms with E-state index in [-0.39, 0.29) is 57.6 Å². The fourth-order valence-corrected chi connectivity index (χ4v) is 5.36. The smallest absolute Gasteiger partial charge is 0.249 e. The van der Waals surface area contributed by atoms with Gasteiger partial charge in [-0.25, -0.2) is 0 Å². The van der Waals surface area contributed by atoms with E-state index in [1.54, 1.807) is 13.0 Å². The number of nitrogens with zero attached hydrogens (tertiary/aromatic N) is 3. The Morgan fingerprint density at radius 3 is 2.59 bits per heavy atom. The molecule has 0 amide bonds. The highest BCUT2D eigenvalue weighted by molar-refractivity contribution is 6.36. The van der Waals surface area contributed by atoms with E-state index in [1.807, 2.05) is 0 Å². The van der Waals surface area contributed by atoms with Gasteiger partial charge >= 0.3 is 0 Å². The number of ketones is 2. The maximum Gasteiger partial charge on any atom is 0.249 e. The summed E-state index contributed by atoms with van der Waals surface area (Å²) in [6.45, 7) is 3.70. The highest BCUT2D eigenvalue weighted by atomic mass is 35.5. The Bertz CT molecular complexity index is 1200. The maximum absolute atomic E-state index is 13.7. The van der Waals surface area contributed by atoms with E-state index in [2.05, 4.69) is 22.1 Å². The van der Waals surface area contributed by atoms with Gasteiger partial charge in [0.2, 0.25) is 23.2 Å². The third kappa shape index (κ3) is 3.32. The van der Waals surface area contributed by atoms with E-state index >= 15 is 0 Å². The molecule has 1 saturated heterocycles. The minimum atomic E-state index is -1.49. The summed E-state index contributed by atoms with van der Waals surface area (Å²) in [5.41, 5.74) is -0.874. The molecular weight excluding hydrogens is 462 g/mol. The van der Waals surface area contributed by atoms with Crippen LogP contribution in [0.1, 0.15) is 48.4 Å². The fraction of sp³-hybridized carbons (Fsp3) is 0.500. The molecule has 0 saturated carbocycles. The molecule has 1 spiro atoms. The van der Waals surface area contributed by atoms with Gasteiger partial charge in [-0.3, -0.25) is 9.59 Å². The Balaban J connectivity index is 1.57. The number of carbonyl (C=O) groups is 2. The molecule has 2 aliphatic heterocycles. The molecule has 34 heavy (non-hydrogen) atoms. The van der Waals surface area contributed by atoms with Crippen LogP contribution in [0.15, 0.2) is 22.3 Å². The molecule has 1 fully saturated rings. The number of allylic oxidation sites excluding steroid dienone is 1. The molecule has 10 heteroatoms. The van der Waals surface area contributed by atoms with E-state index in [0.29, 0.717) is 11.5 Å². The molecule has 3 heterocycles. The van der Waals surface area contributed by atoms with Crippen LogP contribution >= 0.6 is 11.6 Å². The minimum absolute atomic E-state index is 0.131. The molecule has 0 radical (unpaired) electrons. The van der Waals surface area contributed by atoms with Crippen LogP contribution in [-0.4, -0.2) is 66.6 Å². The van der Waals surface area contributed by atoms with Crippen molar-refractivity contribution in [2.24, 2.45) is 5.92 Å². The van der Waals surface area contributed by atoms with Crippen molar-refractivity contribution < 1.29 is 28.2 Å². The number of methoxy groups -OCH3 is 2. The molecule has 0 unspecified atom stereocenters. The molecule has 2 aromatic rings. The SMILES string of the molecule is COC1=CC(=O)C[C@@H](C)[C@]12Oc1c(Cl)c(-c3nnc(C4CCN(C)CC4)o3)cc(OC)c1C2=O. The molecule has 5 rings (SSSR count). The predicted octanol–water partition coefficient (Wildman–Crippen LogP) is 3.66. The number of halogens is 1. The van der Waals surface area contributed by atoms with Gasteiger partial charge in [-0.15, -0.1) is 10.2 Å². The Morgan fingerprint density at radius 2 is 1.91 bits per heavy atom. The monoisotopic (exact) mass is 487 g/mol. The summed E-state index contributed by atoms with van der Waals surface area (Å²) in [6, 6.07) is 1.61. The van der Waals surface area contributed by atoms with Gasteiger partial charge < -0.3 is 23.5 Å². The van der Waals surface area contributed by atoms with Gasteiger partial charge in [0.05, 0.1) is 24.8 Å². The highest BCUT2D eigenvalue weighted by Crippen LogP contribution is 2.54. The van der Waals surface area contributed by atoms with Gasteiger partial charge in [-0.05, 0) is 39.0 Å². The molecule has 1 aromatic carbocycles. The summed E-state index contributed by atoms with van der Waals surface area (Å²) >= 11 is 6.77. The van der Waals surface area contributed by atoms with E-state index in [9.17, 15) is 9.59 Å². The number of carbonyl (C=O) groups excluding carboxylic acids is 2. The normalized spacial score (nSPS) is 25.3. The molecular formula is C24H26ClN3O6. The van der Waals surface area contributed by atoms with Crippen molar-refractivity contribution in [1.82, 2.24) is 15.1 Å². The van der Waals surface area contributed by atoms with Crippen molar-refractivity contribution in [3.05, 3.63) is 34.4 Å². The van der Waals surface area contributed by atoms with E-state index in [1.165, 1.54) is 20.3 Å². The lowest BCUT2D eigenvalue weighted by molar-refractivity contribution is -0.118. The van der Waals surface area contributed by atoms with E-state index in [4.69, 9.17) is 30.2 Å². The first-order valence-electron chi connectivity index (χ1n) is 11.3. The number of rotatable bonds is 4. The molecule has 180 valence electrons. The van der Waals surface area contributed by atoms with Crippen LogP contribution in [0.2, 0.25) is 5.02 Å². The van der Waals surface area contributed by atoms with E-state index in [0.717, 1.165) is 25.9 Å². The number of likely N-dealkylation sites (tertiary alicyclic amines) is 1. The first kappa shape index (κ1) is 22.9. The van der Waals surface area contributed by atoms with Crippen molar-refractivity contribution in [2.45, 2.75) is 37.7 Å². The van der Waals surface area contributed by atoms with Crippen LogP contribution in [0.4, 0.5) is 0 Å². The Hall–Kier alpha value is -2.91. The molecule has 0 bridgehead atoms. The van der Waals surface area contributed by atoms with Crippen LogP contribution in [0, 0.1) is 5.92 Å². The fourth-order valence-electron chi connectivity index (χ4n) is 5.09. The summed E-state index contributed by atoms with van der Waals surface area (Å²) in [4.78, 5) is 28.1. The van der Waals surface area contributed by atoms with Crippen LogP contribution in [0.3, 0.4) is 0 Å². The summed E-state index contributed by atoms with van der Waals surface area (Å²) in [5.74, 6) is 0.597. The van der Waals surface area contributed by atoms with Crippen LogP contribution in [0.5, 0.6) is 11.5 Å². The number of ether oxygens (including phenoxy) is 3. The Morgan fingerprint density at radius 1 is 1.18 bits per heavy atom. The number of piperidine rings is 1. The number of hydrogen-bond donors (Lipinski definition) is 0. The average molecular weight is 488 g/mol. The Kier molecular flexibility index (Phi) is 5.64. The van der Waals surface area contributed by atoms with E-state index < -0.39 is 11.5 Å². The third-order valence-electron chi connectivity index (χ3n) is 7.05. The van der Waals surface area contributed by atoms with Crippen molar-refractivity contribution in [2.75, 3.05) is 34.4 Å². The van der Waals surface area contributed by atoms with Crippen LogP contribution in [-0.2, 0) is 9.53 Å². The summed E-state index contributed by atoms with van der Waals surface area (Å²) in [7, 11) is 4.96. The lowest BCUT2D eigenvalue weighted by Crippen LogP contribution is -2.51.